The Morgan fingerprint density at radius 3 is 2.14 bits per heavy atom. The van der Waals surface area contributed by atoms with Crippen molar-refractivity contribution in [2.24, 2.45) is 29.6 Å². The first-order valence-electron chi connectivity index (χ1n) is 13.0. The van der Waals surface area contributed by atoms with Gasteiger partial charge in [0.2, 0.25) is 0 Å². The van der Waals surface area contributed by atoms with E-state index >= 15 is 0 Å². The molecule has 0 amide bonds. The van der Waals surface area contributed by atoms with Gasteiger partial charge in [-0.05, 0) is 75.5 Å². The summed E-state index contributed by atoms with van der Waals surface area (Å²) in [5.74, 6) is 3.37. The van der Waals surface area contributed by atoms with E-state index in [0.717, 1.165) is 18.8 Å². The first-order valence-corrected chi connectivity index (χ1v) is 13.0. The van der Waals surface area contributed by atoms with Crippen molar-refractivity contribution in [2.45, 2.75) is 143 Å². The average molecular weight is 413 g/mol. The second-order valence-electron chi connectivity index (χ2n) is 11.2. The van der Waals surface area contributed by atoms with E-state index in [0.29, 0.717) is 30.1 Å². The maximum absolute atomic E-state index is 14.0. The maximum atomic E-state index is 14.0. The van der Waals surface area contributed by atoms with Crippen molar-refractivity contribution in [3.63, 3.8) is 0 Å². The SMILES string of the molecule is CCCCC(CCCC(CC(O)C1CCC(C)CC1)C(C)CC)CCC(C)(C)F. The largest absolute Gasteiger partial charge is 0.393 e. The standard InChI is InChI=1S/C27H53FO/c1-7-9-11-23(18-19-27(5,6)28)12-10-13-25(22(4)8-2)20-26(29)24-16-14-21(3)15-17-24/h21-26,29H,7-20H2,1-6H3. The zero-order chi connectivity index (χ0) is 21.9. The number of halogens is 1. The number of alkyl halides is 1. The van der Waals surface area contributed by atoms with Crippen molar-refractivity contribution < 1.29 is 9.50 Å². The lowest BCUT2D eigenvalue weighted by Crippen LogP contribution is -2.29. The third kappa shape index (κ3) is 11.7. The summed E-state index contributed by atoms with van der Waals surface area (Å²) < 4.78 is 14.0. The van der Waals surface area contributed by atoms with E-state index in [1.54, 1.807) is 13.8 Å². The van der Waals surface area contributed by atoms with Crippen molar-refractivity contribution in [2.75, 3.05) is 0 Å². The van der Waals surface area contributed by atoms with Crippen molar-refractivity contribution in [3.05, 3.63) is 0 Å². The summed E-state index contributed by atoms with van der Waals surface area (Å²) in [7, 11) is 0. The monoisotopic (exact) mass is 412 g/mol. The van der Waals surface area contributed by atoms with Crippen LogP contribution in [-0.4, -0.2) is 16.9 Å². The number of unbranched alkanes of at least 4 members (excludes halogenated alkanes) is 1. The molecule has 2 heteroatoms. The number of aliphatic hydroxyl groups is 1. The van der Waals surface area contributed by atoms with Crippen LogP contribution in [0, 0.1) is 29.6 Å². The molecule has 0 aromatic heterocycles. The topological polar surface area (TPSA) is 20.2 Å². The molecular formula is C27H53FO. The van der Waals surface area contributed by atoms with Gasteiger partial charge in [0.25, 0.3) is 0 Å². The Hall–Kier alpha value is -0.110. The van der Waals surface area contributed by atoms with E-state index in [9.17, 15) is 9.50 Å². The van der Waals surface area contributed by atoms with Gasteiger partial charge >= 0.3 is 0 Å². The predicted molar refractivity (Wildman–Crippen MR) is 126 cm³/mol. The minimum absolute atomic E-state index is 0.107. The smallest absolute Gasteiger partial charge is 0.105 e. The lowest BCUT2D eigenvalue weighted by Gasteiger charge is -2.33. The minimum atomic E-state index is -1.04. The van der Waals surface area contributed by atoms with Gasteiger partial charge in [0.05, 0.1) is 6.10 Å². The summed E-state index contributed by atoms with van der Waals surface area (Å²) in [5.41, 5.74) is -1.04. The van der Waals surface area contributed by atoms with Gasteiger partial charge in [-0.3, -0.25) is 0 Å². The van der Waals surface area contributed by atoms with Crippen molar-refractivity contribution in [1.82, 2.24) is 0 Å². The lowest BCUT2D eigenvalue weighted by molar-refractivity contribution is 0.0441. The quantitative estimate of drug-likeness (QED) is 0.285. The Balaban J connectivity index is 2.51. The Kier molecular flexibility index (Phi) is 13.0. The molecule has 1 aliphatic rings. The summed E-state index contributed by atoms with van der Waals surface area (Å²) >= 11 is 0. The molecular weight excluding hydrogens is 359 g/mol. The highest BCUT2D eigenvalue weighted by Gasteiger charge is 2.28. The molecule has 1 nitrogen and oxygen atoms in total. The normalized spacial score (nSPS) is 24.8. The molecule has 1 N–H and O–H groups in total. The molecule has 1 aliphatic carbocycles. The van der Waals surface area contributed by atoms with Gasteiger partial charge in [0.15, 0.2) is 0 Å². The zero-order valence-corrected chi connectivity index (χ0v) is 20.7. The molecule has 0 aromatic carbocycles. The Labute approximate surface area is 182 Å². The first-order chi connectivity index (χ1) is 13.7. The van der Waals surface area contributed by atoms with Crippen LogP contribution < -0.4 is 0 Å². The molecule has 0 heterocycles. The van der Waals surface area contributed by atoms with Crippen LogP contribution in [-0.2, 0) is 0 Å². The van der Waals surface area contributed by atoms with E-state index in [2.05, 4.69) is 27.7 Å². The van der Waals surface area contributed by atoms with E-state index in [1.807, 2.05) is 0 Å². The van der Waals surface area contributed by atoms with Crippen LogP contribution in [0.2, 0.25) is 0 Å². The second kappa shape index (κ2) is 14.0. The number of rotatable bonds is 15. The molecule has 4 unspecified atom stereocenters. The predicted octanol–water partition coefficient (Wildman–Crippen LogP) is 8.73. The van der Waals surface area contributed by atoms with Crippen LogP contribution in [0.15, 0.2) is 0 Å². The fourth-order valence-electron chi connectivity index (χ4n) is 5.28. The third-order valence-corrected chi connectivity index (χ3v) is 7.90. The number of hydrogen-bond donors (Lipinski definition) is 1. The Bertz CT molecular complexity index is 394. The molecule has 0 saturated heterocycles. The van der Waals surface area contributed by atoms with Crippen LogP contribution in [0.3, 0.4) is 0 Å². The van der Waals surface area contributed by atoms with E-state index in [1.165, 1.54) is 70.6 Å². The number of hydrogen-bond acceptors (Lipinski definition) is 1. The fourth-order valence-corrected chi connectivity index (χ4v) is 5.28. The molecule has 0 aliphatic heterocycles. The minimum Gasteiger partial charge on any atom is -0.393 e. The Morgan fingerprint density at radius 2 is 1.59 bits per heavy atom. The molecule has 4 atom stereocenters. The van der Waals surface area contributed by atoms with Gasteiger partial charge in [0, 0.05) is 0 Å². The number of aliphatic hydroxyl groups excluding tert-OH is 1. The fraction of sp³-hybridized carbons (Fsp3) is 1.00. The highest BCUT2D eigenvalue weighted by atomic mass is 19.1. The molecule has 0 spiro atoms. The molecule has 0 aromatic rings. The molecule has 1 saturated carbocycles. The molecule has 29 heavy (non-hydrogen) atoms. The van der Waals surface area contributed by atoms with E-state index < -0.39 is 5.67 Å². The van der Waals surface area contributed by atoms with Crippen molar-refractivity contribution >= 4 is 0 Å². The lowest BCUT2D eigenvalue weighted by atomic mass is 9.75. The van der Waals surface area contributed by atoms with Crippen LogP contribution in [0.1, 0.15) is 131 Å². The third-order valence-electron chi connectivity index (χ3n) is 7.90. The van der Waals surface area contributed by atoms with Crippen molar-refractivity contribution in [1.29, 1.82) is 0 Å². The van der Waals surface area contributed by atoms with Crippen molar-refractivity contribution in [3.8, 4) is 0 Å². The average Bonchev–Trinajstić information content (AvgIpc) is 2.67. The molecule has 0 radical (unpaired) electrons. The van der Waals surface area contributed by atoms with Gasteiger partial charge in [-0.25, -0.2) is 4.39 Å². The Morgan fingerprint density at radius 1 is 0.966 bits per heavy atom. The van der Waals surface area contributed by atoms with Gasteiger partial charge in [-0.1, -0.05) is 85.5 Å². The van der Waals surface area contributed by atoms with Crippen LogP contribution in [0.25, 0.3) is 0 Å². The zero-order valence-electron chi connectivity index (χ0n) is 20.7. The maximum Gasteiger partial charge on any atom is 0.105 e. The van der Waals surface area contributed by atoms with Crippen LogP contribution >= 0.6 is 0 Å². The molecule has 0 bridgehead atoms. The van der Waals surface area contributed by atoms with Crippen LogP contribution in [0.4, 0.5) is 4.39 Å². The summed E-state index contributed by atoms with van der Waals surface area (Å²) in [5, 5.41) is 10.9. The summed E-state index contributed by atoms with van der Waals surface area (Å²) in [6, 6.07) is 0. The van der Waals surface area contributed by atoms with Crippen LogP contribution in [0.5, 0.6) is 0 Å². The van der Waals surface area contributed by atoms with Gasteiger partial charge in [-0.15, -0.1) is 0 Å². The van der Waals surface area contributed by atoms with E-state index in [4.69, 9.17) is 0 Å². The molecule has 174 valence electrons. The van der Waals surface area contributed by atoms with E-state index in [-0.39, 0.29) is 6.10 Å². The highest BCUT2D eigenvalue weighted by molar-refractivity contribution is 4.80. The molecule has 1 fully saturated rings. The highest BCUT2D eigenvalue weighted by Crippen LogP contribution is 2.36. The van der Waals surface area contributed by atoms with Gasteiger partial charge < -0.3 is 5.11 Å². The second-order valence-corrected chi connectivity index (χ2v) is 11.2. The summed E-state index contributed by atoms with van der Waals surface area (Å²) in [6.45, 7) is 12.7. The van der Waals surface area contributed by atoms with Gasteiger partial charge in [0.1, 0.15) is 5.67 Å². The first kappa shape index (κ1) is 26.9. The summed E-state index contributed by atoms with van der Waals surface area (Å²) in [6.07, 6.45) is 16.3. The summed E-state index contributed by atoms with van der Waals surface area (Å²) in [4.78, 5) is 0. The molecule has 1 rings (SSSR count). The van der Waals surface area contributed by atoms with Gasteiger partial charge in [-0.2, -0.15) is 0 Å².